The molecule has 0 radical (unpaired) electrons. The number of nitrogens with zero attached hydrogens (tertiary/aromatic N) is 1. The summed E-state index contributed by atoms with van der Waals surface area (Å²) in [6, 6.07) is 20.6. The molecule has 0 saturated heterocycles. The van der Waals surface area contributed by atoms with E-state index in [1.54, 1.807) is 0 Å². The number of aryl methyl sites for hydroxylation is 4. The van der Waals surface area contributed by atoms with Crippen LogP contribution in [0.4, 0.5) is 0 Å². The summed E-state index contributed by atoms with van der Waals surface area (Å²) in [5.41, 5.74) is 10.8. The minimum absolute atomic E-state index is 0.492. The van der Waals surface area contributed by atoms with E-state index in [1.807, 2.05) is 0 Å². The Hall–Kier alpha value is -2.45. The van der Waals surface area contributed by atoms with Crippen molar-refractivity contribution in [3.8, 4) is 11.3 Å². The van der Waals surface area contributed by atoms with Gasteiger partial charge in [-0.25, -0.2) is 0 Å². The molecule has 0 saturated carbocycles. The fourth-order valence-electron chi connectivity index (χ4n) is 4.91. The van der Waals surface area contributed by atoms with E-state index in [1.165, 1.54) is 52.6 Å². The number of pyridine rings is 1. The first-order valence-corrected chi connectivity index (χ1v) is 11.6. The minimum Gasteiger partial charge on any atom is -0.310 e. The van der Waals surface area contributed by atoms with Crippen molar-refractivity contribution in [1.29, 1.82) is 0 Å². The summed E-state index contributed by atoms with van der Waals surface area (Å²) in [6.45, 7) is 7.62. The molecule has 156 valence electrons. The number of rotatable bonds is 7. The number of nitrogens with one attached hydrogen (secondary N) is 1. The van der Waals surface area contributed by atoms with Gasteiger partial charge in [0, 0.05) is 17.3 Å². The lowest BCUT2D eigenvalue weighted by Crippen LogP contribution is -2.27. The Bertz CT molecular complexity index is 983. The van der Waals surface area contributed by atoms with Crippen molar-refractivity contribution < 1.29 is 0 Å². The SMILES string of the molecule is CCc1cccc(CC)c1-c1ccc(CCN[C@H]2CCCc3ccccc32)c(C)n1. The van der Waals surface area contributed by atoms with Crippen LogP contribution in [-0.4, -0.2) is 11.5 Å². The van der Waals surface area contributed by atoms with E-state index in [9.17, 15) is 0 Å². The molecule has 30 heavy (non-hydrogen) atoms. The Balaban J connectivity index is 1.47. The molecule has 2 aromatic carbocycles. The zero-order valence-corrected chi connectivity index (χ0v) is 18.7. The zero-order chi connectivity index (χ0) is 20.9. The largest absolute Gasteiger partial charge is 0.310 e. The van der Waals surface area contributed by atoms with Gasteiger partial charge >= 0.3 is 0 Å². The fraction of sp³-hybridized carbons (Fsp3) is 0.393. The molecule has 2 heteroatoms. The maximum absolute atomic E-state index is 5.03. The van der Waals surface area contributed by atoms with Crippen molar-refractivity contribution in [1.82, 2.24) is 10.3 Å². The summed E-state index contributed by atoms with van der Waals surface area (Å²) in [7, 11) is 0. The Morgan fingerprint density at radius 3 is 2.40 bits per heavy atom. The first-order chi connectivity index (χ1) is 14.7. The van der Waals surface area contributed by atoms with Gasteiger partial charge in [0.05, 0.1) is 5.69 Å². The molecule has 4 rings (SSSR count). The molecule has 1 aliphatic carbocycles. The molecule has 1 aliphatic rings. The van der Waals surface area contributed by atoms with Gasteiger partial charge < -0.3 is 5.32 Å². The lowest BCUT2D eigenvalue weighted by atomic mass is 9.87. The molecule has 0 amide bonds. The van der Waals surface area contributed by atoms with Crippen LogP contribution in [-0.2, 0) is 25.7 Å². The molecule has 1 aromatic heterocycles. The molecule has 0 spiro atoms. The normalized spacial score (nSPS) is 15.8. The zero-order valence-electron chi connectivity index (χ0n) is 18.7. The number of aromatic nitrogens is 1. The lowest BCUT2D eigenvalue weighted by Gasteiger charge is -2.26. The van der Waals surface area contributed by atoms with Crippen molar-refractivity contribution in [2.75, 3.05) is 6.54 Å². The third kappa shape index (κ3) is 4.34. The second kappa shape index (κ2) is 9.57. The smallest absolute Gasteiger partial charge is 0.0710 e. The van der Waals surface area contributed by atoms with Crippen LogP contribution in [0.5, 0.6) is 0 Å². The van der Waals surface area contributed by atoms with Gasteiger partial charge in [-0.2, -0.15) is 0 Å². The van der Waals surface area contributed by atoms with Crippen LogP contribution in [0.2, 0.25) is 0 Å². The molecule has 1 N–H and O–H groups in total. The molecule has 1 heterocycles. The highest BCUT2D eigenvalue weighted by molar-refractivity contribution is 5.68. The first kappa shape index (κ1) is 20.8. The summed E-state index contributed by atoms with van der Waals surface area (Å²) in [6.07, 6.45) is 6.84. The molecule has 2 nitrogen and oxygen atoms in total. The average molecular weight is 399 g/mol. The van der Waals surface area contributed by atoms with Gasteiger partial charge in [-0.15, -0.1) is 0 Å². The summed E-state index contributed by atoms with van der Waals surface area (Å²) in [5.74, 6) is 0. The highest BCUT2D eigenvalue weighted by Crippen LogP contribution is 2.30. The molecule has 0 unspecified atom stereocenters. The predicted octanol–water partition coefficient (Wildman–Crippen LogP) is 6.39. The average Bonchev–Trinajstić information content (AvgIpc) is 2.79. The Morgan fingerprint density at radius 1 is 0.900 bits per heavy atom. The van der Waals surface area contributed by atoms with E-state index >= 15 is 0 Å². The van der Waals surface area contributed by atoms with Crippen LogP contribution in [0.25, 0.3) is 11.3 Å². The third-order valence-electron chi connectivity index (χ3n) is 6.60. The van der Waals surface area contributed by atoms with Gasteiger partial charge in [-0.05, 0) is 85.9 Å². The quantitative estimate of drug-likeness (QED) is 0.499. The summed E-state index contributed by atoms with van der Waals surface area (Å²) >= 11 is 0. The number of hydrogen-bond donors (Lipinski definition) is 1. The monoisotopic (exact) mass is 398 g/mol. The molecule has 1 atom stereocenters. The molecular formula is C28H34N2. The molecule has 0 aliphatic heterocycles. The predicted molar refractivity (Wildman–Crippen MR) is 127 cm³/mol. The van der Waals surface area contributed by atoms with Gasteiger partial charge in [-0.1, -0.05) is 62.4 Å². The standard InChI is InChI=1S/C28H34N2/c1-4-21-11-8-12-22(5-2)28(21)27-17-16-23(20(3)30-27)18-19-29-26-15-9-13-24-10-6-7-14-25(24)26/h6-8,10-12,14,16-17,26,29H,4-5,9,13,15,18-19H2,1-3H3/t26-/m0/s1. The molecule has 0 fully saturated rings. The van der Waals surface area contributed by atoms with Gasteiger partial charge in [0.2, 0.25) is 0 Å². The molecule has 0 bridgehead atoms. The Kier molecular flexibility index (Phi) is 6.64. The van der Waals surface area contributed by atoms with Gasteiger partial charge in [0.15, 0.2) is 0 Å². The highest BCUT2D eigenvalue weighted by atomic mass is 14.9. The molecule has 3 aromatic rings. The van der Waals surface area contributed by atoms with Crippen molar-refractivity contribution in [2.24, 2.45) is 0 Å². The van der Waals surface area contributed by atoms with E-state index in [4.69, 9.17) is 4.98 Å². The van der Waals surface area contributed by atoms with Gasteiger partial charge in [0.1, 0.15) is 0 Å². The second-order valence-corrected chi connectivity index (χ2v) is 8.45. The van der Waals surface area contributed by atoms with E-state index < -0.39 is 0 Å². The third-order valence-corrected chi connectivity index (χ3v) is 6.60. The Morgan fingerprint density at radius 2 is 1.67 bits per heavy atom. The van der Waals surface area contributed by atoms with Crippen molar-refractivity contribution in [2.45, 2.75) is 65.3 Å². The van der Waals surface area contributed by atoms with E-state index in [0.29, 0.717) is 6.04 Å². The van der Waals surface area contributed by atoms with Crippen molar-refractivity contribution in [3.05, 3.63) is 88.1 Å². The number of hydrogen-bond acceptors (Lipinski definition) is 2. The van der Waals surface area contributed by atoms with Crippen LogP contribution in [0.3, 0.4) is 0 Å². The van der Waals surface area contributed by atoms with Crippen LogP contribution < -0.4 is 5.32 Å². The lowest BCUT2D eigenvalue weighted by molar-refractivity contribution is 0.462. The van der Waals surface area contributed by atoms with Crippen LogP contribution in [0.15, 0.2) is 54.6 Å². The van der Waals surface area contributed by atoms with Crippen LogP contribution in [0.1, 0.15) is 66.2 Å². The maximum Gasteiger partial charge on any atom is 0.0710 e. The summed E-state index contributed by atoms with van der Waals surface area (Å²) < 4.78 is 0. The maximum atomic E-state index is 5.03. The van der Waals surface area contributed by atoms with Crippen molar-refractivity contribution in [3.63, 3.8) is 0 Å². The summed E-state index contributed by atoms with van der Waals surface area (Å²) in [5, 5.41) is 3.81. The van der Waals surface area contributed by atoms with Crippen LogP contribution in [0, 0.1) is 6.92 Å². The van der Waals surface area contributed by atoms with Crippen molar-refractivity contribution >= 4 is 0 Å². The van der Waals surface area contributed by atoms with E-state index in [-0.39, 0.29) is 0 Å². The number of benzene rings is 2. The Labute approximate surface area is 181 Å². The van der Waals surface area contributed by atoms with E-state index in [0.717, 1.165) is 37.2 Å². The topological polar surface area (TPSA) is 24.9 Å². The van der Waals surface area contributed by atoms with Gasteiger partial charge in [0.25, 0.3) is 0 Å². The first-order valence-electron chi connectivity index (χ1n) is 11.6. The second-order valence-electron chi connectivity index (χ2n) is 8.45. The van der Waals surface area contributed by atoms with E-state index in [2.05, 4.69) is 80.7 Å². The fourth-order valence-corrected chi connectivity index (χ4v) is 4.91. The van der Waals surface area contributed by atoms with Gasteiger partial charge in [-0.3, -0.25) is 4.98 Å². The number of fused-ring (bicyclic) bond motifs is 1. The van der Waals surface area contributed by atoms with Crippen LogP contribution >= 0.6 is 0 Å². The minimum atomic E-state index is 0.492. The summed E-state index contributed by atoms with van der Waals surface area (Å²) in [4.78, 5) is 5.03. The highest BCUT2D eigenvalue weighted by Gasteiger charge is 2.19. The molecular weight excluding hydrogens is 364 g/mol.